The standard InChI is InChI=1S/C10H14N2/c11-8-10(9-4-7-12-9)5-2-1-3-6-10/h2,5,9,12H,1,3-4,6-7H2. The van der Waals surface area contributed by atoms with Crippen molar-refractivity contribution in [1.29, 1.82) is 5.26 Å². The molecule has 2 aliphatic rings. The zero-order valence-corrected chi connectivity index (χ0v) is 7.21. The van der Waals surface area contributed by atoms with Gasteiger partial charge in [0.2, 0.25) is 0 Å². The highest BCUT2D eigenvalue weighted by atomic mass is 15.0. The lowest BCUT2D eigenvalue weighted by molar-refractivity contribution is 0.218. The van der Waals surface area contributed by atoms with Crippen molar-refractivity contribution in [2.24, 2.45) is 5.41 Å². The number of nitriles is 1. The van der Waals surface area contributed by atoms with Gasteiger partial charge in [0.05, 0.1) is 11.5 Å². The molecule has 0 aromatic heterocycles. The third kappa shape index (κ3) is 1.05. The minimum absolute atomic E-state index is 0.170. The van der Waals surface area contributed by atoms with Crippen molar-refractivity contribution < 1.29 is 0 Å². The molecule has 2 nitrogen and oxygen atoms in total. The fourth-order valence-corrected chi connectivity index (χ4v) is 2.08. The molecule has 64 valence electrons. The molecule has 0 radical (unpaired) electrons. The van der Waals surface area contributed by atoms with E-state index in [2.05, 4.69) is 23.5 Å². The first-order chi connectivity index (χ1) is 5.87. The molecule has 0 aromatic carbocycles. The Morgan fingerprint density at radius 1 is 1.58 bits per heavy atom. The van der Waals surface area contributed by atoms with E-state index in [1.165, 1.54) is 6.42 Å². The van der Waals surface area contributed by atoms with Gasteiger partial charge < -0.3 is 5.32 Å². The average molecular weight is 162 g/mol. The SMILES string of the molecule is N#CC1(C2CCN2)C=CCCC1. The van der Waals surface area contributed by atoms with Gasteiger partial charge in [-0.15, -0.1) is 0 Å². The zero-order chi connectivity index (χ0) is 8.44. The van der Waals surface area contributed by atoms with Crippen molar-refractivity contribution in [2.75, 3.05) is 6.54 Å². The van der Waals surface area contributed by atoms with Crippen LogP contribution in [0.3, 0.4) is 0 Å². The molecule has 2 atom stereocenters. The lowest BCUT2D eigenvalue weighted by Gasteiger charge is -2.41. The summed E-state index contributed by atoms with van der Waals surface area (Å²) in [6, 6.07) is 2.90. The summed E-state index contributed by atoms with van der Waals surface area (Å²) < 4.78 is 0. The minimum atomic E-state index is -0.170. The van der Waals surface area contributed by atoms with Gasteiger partial charge in [0.25, 0.3) is 0 Å². The van der Waals surface area contributed by atoms with E-state index in [0.717, 1.165) is 25.8 Å². The van der Waals surface area contributed by atoms with Gasteiger partial charge in [-0.05, 0) is 32.2 Å². The fourth-order valence-electron chi connectivity index (χ4n) is 2.08. The number of hydrogen-bond donors (Lipinski definition) is 1. The predicted molar refractivity (Wildman–Crippen MR) is 47.4 cm³/mol. The number of nitrogens with zero attached hydrogens (tertiary/aromatic N) is 1. The molecule has 1 aliphatic heterocycles. The third-order valence-electron chi connectivity index (χ3n) is 3.03. The van der Waals surface area contributed by atoms with Crippen molar-refractivity contribution >= 4 is 0 Å². The lowest BCUT2D eigenvalue weighted by atomic mass is 9.71. The summed E-state index contributed by atoms with van der Waals surface area (Å²) in [4.78, 5) is 0. The maximum atomic E-state index is 9.14. The summed E-state index contributed by atoms with van der Waals surface area (Å²) in [6.45, 7) is 1.09. The largest absolute Gasteiger partial charge is 0.312 e. The molecular formula is C10H14N2. The molecular weight excluding hydrogens is 148 g/mol. The maximum absolute atomic E-state index is 9.14. The second-order valence-electron chi connectivity index (χ2n) is 3.74. The second kappa shape index (κ2) is 2.91. The molecule has 12 heavy (non-hydrogen) atoms. The van der Waals surface area contributed by atoms with E-state index >= 15 is 0 Å². The van der Waals surface area contributed by atoms with Crippen LogP contribution in [0.4, 0.5) is 0 Å². The number of nitrogens with one attached hydrogen (secondary N) is 1. The van der Waals surface area contributed by atoms with Gasteiger partial charge in [-0.1, -0.05) is 12.2 Å². The Labute approximate surface area is 73.3 Å². The van der Waals surface area contributed by atoms with Crippen LogP contribution in [0.5, 0.6) is 0 Å². The lowest BCUT2D eigenvalue weighted by Crippen LogP contribution is -2.53. The molecule has 1 fully saturated rings. The molecule has 2 heteroatoms. The van der Waals surface area contributed by atoms with Crippen LogP contribution in [0.25, 0.3) is 0 Å². The first-order valence-corrected chi connectivity index (χ1v) is 4.70. The van der Waals surface area contributed by atoms with Gasteiger partial charge in [0.15, 0.2) is 0 Å². The quantitative estimate of drug-likeness (QED) is 0.594. The van der Waals surface area contributed by atoms with E-state index in [9.17, 15) is 0 Å². The maximum Gasteiger partial charge on any atom is 0.0906 e. The molecule has 2 unspecified atom stereocenters. The van der Waals surface area contributed by atoms with Crippen LogP contribution in [0, 0.1) is 16.7 Å². The molecule has 0 spiro atoms. The van der Waals surface area contributed by atoms with Crippen LogP contribution in [0.2, 0.25) is 0 Å². The fraction of sp³-hybridized carbons (Fsp3) is 0.700. The highest BCUT2D eigenvalue weighted by Crippen LogP contribution is 2.37. The van der Waals surface area contributed by atoms with Crippen LogP contribution in [0.1, 0.15) is 25.7 Å². The summed E-state index contributed by atoms with van der Waals surface area (Å²) in [5.41, 5.74) is -0.170. The van der Waals surface area contributed by atoms with Crippen molar-refractivity contribution in [3.05, 3.63) is 12.2 Å². The van der Waals surface area contributed by atoms with Crippen LogP contribution in [-0.2, 0) is 0 Å². The van der Waals surface area contributed by atoms with Crippen molar-refractivity contribution in [1.82, 2.24) is 5.32 Å². The Morgan fingerprint density at radius 3 is 2.83 bits per heavy atom. The van der Waals surface area contributed by atoms with Gasteiger partial charge in [-0.3, -0.25) is 0 Å². The Bertz CT molecular complexity index is 235. The molecule has 1 saturated heterocycles. The van der Waals surface area contributed by atoms with E-state index in [1.807, 2.05) is 0 Å². The number of allylic oxidation sites excluding steroid dienone is 1. The van der Waals surface area contributed by atoms with E-state index in [1.54, 1.807) is 0 Å². The second-order valence-corrected chi connectivity index (χ2v) is 3.74. The van der Waals surface area contributed by atoms with Gasteiger partial charge in [0.1, 0.15) is 0 Å². The summed E-state index contributed by atoms with van der Waals surface area (Å²) >= 11 is 0. The summed E-state index contributed by atoms with van der Waals surface area (Å²) in [6.07, 6.45) is 8.80. The van der Waals surface area contributed by atoms with E-state index in [0.29, 0.717) is 6.04 Å². The van der Waals surface area contributed by atoms with Gasteiger partial charge in [-0.2, -0.15) is 5.26 Å². The minimum Gasteiger partial charge on any atom is -0.312 e. The average Bonchev–Trinajstić information content (AvgIpc) is 2.03. The highest BCUT2D eigenvalue weighted by molar-refractivity contribution is 5.21. The molecule has 0 aromatic rings. The predicted octanol–water partition coefficient (Wildman–Crippen LogP) is 1.60. The Hall–Kier alpha value is -0.810. The monoisotopic (exact) mass is 162 g/mol. The number of rotatable bonds is 1. The summed E-state index contributed by atoms with van der Waals surface area (Å²) in [5.74, 6) is 0. The van der Waals surface area contributed by atoms with Crippen molar-refractivity contribution in [3.63, 3.8) is 0 Å². The van der Waals surface area contributed by atoms with Crippen molar-refractivity contribution in [2.45, 2.75) is 31.7 Å². The van der Waals surface area contributed by atoms with E-state index < -0.39 is 0 Å². The van der Waals surface area contributed by atoms with Gasteiger partial charge in [0, 0.05) is 6.04 Å². The molecule has 1 heterocycles. The smallest absolute Gasteiger partial charge is 0.0906 e. The Balaban J connectivity index is 2.17. The van der Waals surface area contributed by atoms with Gasteiger partial charge in [-0.25, -0.2) is 0 Å². The molecule has 0 amide bonds. The third-order valence-corrected chi connectivity index (χ3v) is 3.03. The molecule has 1 aliphatic carbocycles. The van der Waals surface area contributed by atoms with E-state index in [4.69, 9.17) is 5.26 Å². The van der Waals surface area contributed by atoms with Crippen LogP contribution in [-0.4, -0.2) is 12.6 Å². The topological polar surface area (TPSA) is 35.8 Å². The summed E-state index contributed by atoms with van der Waals surface area (Å²) in [7, 11) is 0. The van der Waals surface area contributed by atoms with Crippen LogP contribution >= 0.6 is 0 Å². The van der Waals surface area contributed by atoms with Gasteiger partial charge >= 0.3 is 0 Å². The van der Waals surface area contributed by atoms with Crippen LogP contribution < -0.4 is 5.32 Å². The normalized spacial score (nSPS) is 40.1. The zero-order valence-electron chi connectivity index (χ0n) is 7.21. The first-order valence-electron chi connectivity index (χ1n) is 4.70. The first kappa shape index (κ1) is 7.82. The number of hydrogen-bond acceptors (Lipinski definition) is 2. The molecule has 1 N–H and O–H groups in total. The van der Waals surface area contributed by atoms with Crippen LogP contribution in [0.15, 0.2) is 12.2 Å². The summed E-state index contributed by atoms with van der Waals surface area (Å²) in [5, 5.41) is 12.5. The molecule has 2 rings (SSSR count). The molecule has 0 saturated carbocycles. The Kier molecular flexibility index (Phi) is 1.90. The highest BCUT2D eigenvalue weighted by Gasteiger charge is 2.40. The Morgan fingerprint density at radius 2 is 2.42 bits per heavy atom. The van der Waals surface area contributed by atoms with Crippen molar-refractivity contribution in [3.8, 4) is 6.07 Å². The molecule has 0 bridgehead atoms. The van der Waals surface area contributed by atoms with E-state index in [-0.39, 0.29) is 5.41 Å².